The lowest BCUT2D eigenvalue weighted by Crippen LogP contribution is -2.23. The maximum atomic E-state index is 12.6. The number of hydrogen-bond donors (Lipinski definition) is 1. The number of fused-ring (bicyclic) bond motifs is 1. The third kappa shape index (κ3) is 3.80. The number of rotatable bonds is 6. The lowest BCUT2D eigenvalue weighted by Gasteiger charge is -2.12. The summed E-state index contributed by atoms with van der Waals surface area (Å²) in [5.74, 6) is 0.0870. The van der Waals surface area contributed by atoms with E-state index in [4.69, 9.17) is 0 Å². The van der Waals surface area contributed by atoms with Crippen LogP contribution < -0.4 is 10.9 Å². The highest BCUT2D eigenvalue weighted by Crippen LogP contribution is 2.19. The molecule has 1 amide bonds. The number of carbonyl (C=O) groups excluding carboxylic acids is 1. The number of aryl methyl sites for hydroxylation is 1. The topological polar surface area (TPSA) is 64.0 Å². The number of nitrogens with one attached hydrogen (secondary N) is 1. The lowest BCUT2D eigenvalue weighted by molar-refractivity contribution is -0.113. The van der Waals surface area contributed by atoms with Gasteiger partial charge in [0.1, 0.15) is 0 Å². The molecule has 5 nitrogen and oxygen atoms in total. The van der Waals surface area contributed by atoms with Crippen molar-refractivity contribution in [1.29, 1.82) is 0 Å². The van der Waals surface area contributed by atoms with E-state index in [2.05, 4.69) is 17.2 Å². The van der Waals surface area contributed by atoms with Crippen LogP contribution in [0, 0.1) is 0 Å². The number of nitrogens with zero attached hydrogens (tertiary/aromatic N) is 2. The zero-order valence-electron chi connectivity index (χ0n) is 14.9. The van der Waals surface area contributed by atoms with Crippen LogP contribution in [0.3, 0.4) is 0 Å². The van der Waals surface area contributed by atoms with Gasteiger partial charge in [-0.1, -0.05) is 49.0 Å². The van der Waals surface area contributed by atoms with Gasteiger partial charge >= 0.3 is 0 Å². The molecular weight excluding hydrogens is 346 g/mol. The van der Waals surface area contributed by atoms with E-state index in [9.17, 15) is 9.59 Å². The van der Waals surface area contributed by atoms with E-state index < -0.39 is 0 Å². The fourth-order valence-electron chi connectivity index (χ4n) is 2.80. The predicted molar refractivity (Wildman–Crippen MR) is 107 cm³/mol. The fourth-order valence-corrected chi connectivity index (χ4v) is 3.67. The van der Waals surface area contributed by atoms with E-state index in [1.54, 1.807) is 10.6 Å². The highest BCUT2D eigenvalue weighted by Gasteiger charge is 2.12. The van der Waals surface area contributed by atoms with Crippen molar-refractivity contribution in [2.75, 3.05) is 11.1 Å². The summed E-state index contributed by atoms with van der Waals surface area (Å²) in [6.07, 6.45) is 0.852. The first-order valence-corrected chi connectivity index (χ1v) is 9.62. The van der Waals surface area contributed by atoms with Gasteiger partial charge in [0.05, 0.1) is 16.7 Å². The van der Waals surface area contributed by atoms with Crippen molar-refractivity contribution < 1.29 is 4.79 Å². The van der Waals surface area contributed by atoms with Crippen molar-refractivity contribution >= 4 is 34.3 Å². The summed E-state index contributed by atoms with van der Waals surface area (Å²) in [4.78, 5) is 29.5. The molecule has 3 aromatic rings. The molecule has 0 bridgehead atoms. The van der Waals surface area contributed by atoms with Crippen LogP contribution in [0.5, 0.6) is 0 Å². The number of carbonyl (C=O) groups is 1. The summed E-state index contributed by atoms with van der Waals surface area (Å²) >= 11 is 1.28. The largest absolute Gasteiger partial charge is 0.325 e. The predicted octanol–water partition coefficient (Wildman–Crippen LogP) is 3.71. The standard InChI is InChI=1S/C20H21N3O2S/c1-3-14-9-5-7-11-16(14)21-18(24)13-26-20-22-17-12-8-6-10-15(17)19(25)23(20)4-2/h5-12H,3-4,13H2,1-2H3,(H,21,24). The molecule has 0 saturated heterocycles. The quantitative estimate of drug-likeness (QED) is 0.533. The molecule has 2 aromatic carbocycles. The number of benzene rings is 2. The third-order valence-electron chi connectivity index (χ3n) is 4.15. The lowest BCUT2D eigenvalue weighted by atomic mass is 10.1. The van der Waals surface area contributed by atoms with E-state index in [1.807, 2.05) is 49.4 Å². The first-order valence-electron chi connectivity index (χ1n) is 8.64. The number of hydrogen-bond acceptors (Lipinski definition) is 4. The fraction of sp³-hybridized carbons (Fsp3) is 0.250. The van der Waals surface area contributed by atoms with Gasteiger partial charge in [0.2, 0.25) is 5.91 Å². The molecule has 0 atom stereocenters. The van der Waals surface area contributed by atoms with E-state index >= 15 is 0 Å². The van der Waals surface area contributed by atoms with Crippen LogP contribution in [-0.2, 0) is 17.8 Å². The monoisotopic (exact) mass is 367 g/mol. The molecule has 1 N–H and O–H groups in total. The van der Waals surface area contributed by atoms with E-state index in [0.29, 0.717) is 22.6 Å². The van der Waals surface area contributed by atoms with Gasteiger partial charge in [-0.15, -0.1) is 0 Å². The molecule has 134 valence electrons. The Morgan fingerprint density at radius 1 is 1.12 bits per heavy atom. The van der Waals surface area contributed by atoms with Crippen molar-refractivity contribution in [3.8, 4) is 0 Å². The van der Waals surface area contributed by atoms with E-state index in [0.717, 1.165) is 17.7 Å². The van der Waals surface area contributed by atoms with Gasteiger partial charge in [-0.3, -0.25) is 14.2 Å². The number of aromatic nitrogens is 2. The number of anilines is 1. The molecule has 0 radical (unpaired) electrons. The van der Waals surface area contributed by atoms with Gasteiger partial charge in [-0.05, 0) is 37.1 Å². The normalized spacial score (nSPS) is 10.8. The van der Waals surface area contributed by atoms with Crippen molar-refractivity contribution in [3.63, 3.8) is 0 Å². The van der Waals surface area contributed by atoms with Crippen molar-refractivity contribution in [2.24, 2.45) is 0 Å². The van der Waals surface area contributed by atoms with Gasteiger partial charge in [0.15, 0.2) is 5.16 Å². The maximum Gasteiger partial charge on any atom is 0.262 e. The highest BCUT2D eigenvalue weighted by atomic mass is 32.2. The Morgan fingerprint density at radius 2 is 1.85 bits per heavy atom. The second kappa shape index (κ2) is 8.19. The van der Waals surface area contributed by atoms with Gasteiger partial charge in [-0.2, -0.15) is 0 Å². The van der Waals surface area contributed by atoms with Crippen LogP contribution in [0.1, 0.15) is 19.4 Å². The molecule has 0 saturated carbocycles. The van der Waals surface area contributed by atoms with Gasteiger partial charge in [0, 0.05) is 12.2 Å². The molecule has 0 aliphatic heterocycles. The van der Waals surface area contributed by atoms with Crippen LogP contribution in [0.4, 0.5) is 5.69 Å². The molecule has 0 aliphatic rings. The molecule has 0 spiro atoms. The molecule has 0 aliphatic carbocycles. The zero-order chi connectivity index (χ0) is 18.5. The van der Waals surface area contributed by atoms with Crippen molar-refractivity contribution in [3.05, 3.63) is 64.4 Å². The summed E-state index contributed by atoms with van der Waals surface area (Å²) in [5.41, 5.74) is 2.51. The zero-order valence-corrected chi connectivity index (χ0v) is 15.7. The minimum atomic E-state index is -0.110. The summed E-state index contributed by atoms with van der Waals surface area (Å²) in [7, 11) is 0. The third-order valence-corrected chi connectivity index (χ3v) is 5.12. The average molecular weight is 367 g/mol. The summed E-state index contributed by atoms with van der Waals surface area (Å²) < 4.78 is 1.61. The van der Waals surface area contributed by atoms with Crippen LogP contribution in [0.2, 0.25) is 0 Å². The van der Waals surface area contributed by atoms with Crippen LogP contribution in [0.15, 0.2) is 58.5 Å². The van der Waals surface area contributed by atoms with E-state index in [-0.39, 0.29) is 17.2 Å². The summed E-state index contributed by atoms with van der Waals surface area (Å²) in [6.45, 7) is 4.47. The molecular formula is C20H21N3O2S. The average Bonchev–Trinajstić information content (AvgIpc) is 2.67. The Balaban J connectivity index is 1.79. The van der Waals surface area contributed by atoms with E-state index in [1.165, 1.54) is 11.8 Å². The van der Waals surface area contributed by atoms with Crippen molar-refractivity contribution in [1.82, 2.24) is 9.55 Å². The molecule has 1 aromatic heterocycles. The smallest absolute Gasteiger partial charge is 0.262 e. The van der Waals surface area contributed by atoms with Gasteiger partial charge in [0.25, 0.3) is 5.56 Å². The Morgan fingerprint density at radius 3 is 2.62 bits per heavy atom. The minimum Gasteiger partial charge on any atom is -0.325 e. The second-order valence-electron chi connectivity index (χ2n) is 5.81. The Labute approximate surface area is 156 Å². The molecule has 0 unspecified atom stereocenters. The van der Waals surface area contributed by atoms with Crippen molar-refractivity contribution in [2.45, 2.75) is 32.0 Å². The number of thioether (sulfide) groups is 1. The SMILES string of the molecule is CCc1ccccc1NC(=O)CSc1nc2ccccc2c(=O)n1CC. The van der Waals surface area contributed by atoms with Crippen LogP contribution >= 0.6 is 11.8 Å². The first kappa shape index (κ1) is 18.2. The Kier molecular flexibility index (Phi) is 5.73. The number of para-hydroxylation sites is 2. The van der Waals surface area contributed by atoms with Gasteiger partial charge in [-0.25, -0.2) is 4.98 Å². The van der Waals surface area contributed by atoms with Crippen LogP contribution in [0.25, 0.3) is 10.9 Å². The molecule has 1 heterocycles. The second-order valence-corrected chi connectivity index (χ2v) is 6.75. The molecule has 26 heavy (non-hydrogen) atoms. The van der Waals surface area contributed by atoms with Crippen LogP contribution in [-0.4, -0.2) is 21.2 Å². The maximum absolute atomic E-state index is 12.6. The Bertz CT molecular complexity index is 998. The highest BCUT2D eigenvalue weighted by molar-refractivity contribution is 7.99. The number of amides is 1. The molecule has 3 rings (SSSR count). The Hall–Kier alpha value is -2.60. The summed E-state index contributed by atoms with van der Waals surface area (Å²) in [6, 6.07) is 15.0. The van der Waals surface area contributed by atoms with Gasteiger partial charge < -0.3 is 5.32 Å². The summed E-state index contributed by atoms with van der Waals surface area (Å²) in [5, 5.41) is 4.11. The molecule has 6 heteroatoms. The molecule has 0 fully saturated rings. The first-order chi connectivity index (χ1) is 12.6. The minimum absolute atomic E-state index is 0.0719.